The number of hydrogen-bond donors (Lipinski definition) is 5. The fraction of sp³-hybridized carbons (Fsp3) is 0.500. The van der Waals surface area contributed by atoms with Crippen LogP contribution < -0.4 is 22.1 Å². The Labute approximate surface area is 268 Å². The van der Waals surface area contributed by atoms with E-state index < -0.39 is 30.2 Å². The first-order chi connectivity index (χ1) is 22.0. The molecule has 7 N–H and O–H groups in total. The van der Waals surface area contributed by atoms with Gasteiger partial charge in [-0.1, -0.05) is 57.1 Å². The number of pyridine rings is 1. The molecule has 0 spiro atoms. The summed E-state index contributed by atoms with van der Waals surface area (Å²) in [5.74, 6) is -0.0192. The van der Waals surface area contributed by atoms with Gasteiger partial charge in [-0.05, 0) is 55.9 Å². The molecule has 1 aliphatic heterocycles. The molecule has 9 nitrogen and oxygen atoms in total. The van der Waals surface area contributed by atoms with Crippen molar-refractivity contribution in [1.29, 1.82) is 5.41 Å². The number of nitrogens with two attached hydrogens (primary N) is 2. The van der Waals surface area contributed by atoms with Crippen LogP contribution in [0.3, 0.4) is 0 Å². The van der Waals surface area contributed by atoms with Crippen LogP contribution in [-0.4, -0.2) is 47.6 Å². The predicted molar refractivity (Wildman–Crippen MR) is 175 cm³/mol. The van der Waals surface area contributed by atoms with Gasteiger partial charge in [0.15, 0.2) is 0 Å². The van der Waals surface area contributed by atoms with E-state index in [1.165, 1.54) is 18.6 Å². The van der Waals surface area contributed by atoms with Gasteiger partial charge in [0, 0.05) is 53.7 Å². The van der Waals surface area contributed by atoms with Gasteiger partial charge in [0.2, 0.25) is 5.91 Å². The number of alkyl halides is 3. The number of hydrogen-bond acceptors (Lipinski definition) is 7. The average Bonchev–Trinajstić information content (AvgIpc) is 3.05. The lowest BCUT2D eigenvalue weighted by molar-refractivity contribution is -0.125. The molecule has 4 rings (SSSR count). The third-order valence-corrected chi connectivity index (χ3v) is 8.68. The van der Waals surface area contributed by atoms with Crippen LogP contribution in [-0.2, 0) is 11.2 Å². The maximum atomic E-state index is 13.0. The molecule has 2 heterocycles. The van der Waals surface area contributed by atoms with Crippen LogP contribution in [0.1, 0.15) is 104 Å². The molecular formula is C34H44F3N7O2. The van der Waals surface area contributed by atoms with Gasteiger partial charge in [0.05, 0.1) is 11.3 Å². The van der Waals surface area contributed by atoms with Gasteiger partial charge in [0.1, 0.15) is 12.0 Å². The Kier molecular flexibility index (Phi) is 12.3. The third kappa shape index (κ3) is 9.64. The monoisotopic (exact) mass is 639 g/mol. The number of aryl methyl sites for hydroxylation is 1. The Morgan fingerprint density at radius 2 is 1.59 bits per heavy atom. The number of allylic oxidation sites excluding steroid dienone is 1. The number of carbonyl (C=O) groups is 2. The van der Waals surface area contributed by atoms with E-state index in [-0.39, 0.29) is 28.9 Å². The summed E-state index contributed by atoms with van der Waals surface area (Å²) >= 11 is 0. The largest absolute Gasteiger partial charge is 0.412 e. The lowest BCUT2D eigenvalue weighted by atomic mass is 9.88. The molecule has 1 unspecified atom stereocenters. The molecule has 2 aliphatic rings. The van der Waals surface area contributed by atoms with E-state index in [4.69, 9.17) is 16.9 Å². The number of benzene rings is 1. The summed E-state index contributed by atoms with van der Waals surface area (Å²) in [4.78, 5) is 33.1. The molecule has 1 aliphatic carbocycles. The normalized spacial score (nSPS) is 16.9. The zero-order valence-corrected chi connectivity index (χ0v) is 26.1. The Morgan fingerprint density at radius 1 is 0.935 bits per heavy atom. The molecule has 1 fully saturated rings. The molecule has 12 heteroatoms. The van der Waals surface area contributed by atoms with E-state index in [1.54, 1.807) is 18.3 Å². The number of carbonyl (C=O) groups excluding carboxylic acids is 2. The highest BCUT2D eigenvalue weighted by Gasteiger charge is 2.36. The zero-order valence-electron chi connectivity index (χ0n) is 26.1. The van der Waals surface area contributed by atoms with E-state index in [1.807, 2.05) is 0 Å². The van der Waals surface area contributed by atoms with Crippen LogP contribution in [0.15, 0.2) is 47.1 Å². The topological polar surface area (TPSA) is 159 Å². The molecule has 1 aromatic carbocycles. The van der Waals surface area contributed by atoms with Crippen molar-refractivity contribution in [3.05, 3.63) is 64.4 Å². The summed E-state index contributed by atoms with van der Waals surface area (Å²) in [6.45, 7) is 0.743. The predicted octanol–water partition coefficient (Wildman–Crippen LogP) is 6.26. The number of nitrogens with one attached hydrogen (secondary N) is 3. The van der Waals surface area contributed by atoms with Crippen molar-refractivity contribution in [2.75, 3.05) is 18.0 Å². The highest BCUT2D eigenvalue weighted by atomic mass is 19.4. The Morgan fingerprint density at radius 3 is 2.28 bits per heavy atom. The maximum absolute atomic E-state index is 13.0. The van der Waals surface area contributed by atoms with Crippen molar-refractivity contribution in [2.24, 2.45) is 10.9 Å². The molecule has 0 saturated heterocycles. The van der Waals surface area contributed by atoms with Crippen LogP contribution in [0.5, 0.6) is 0 Å². The molecule has 0 bridgehead atoms. The summed E-state index contributed by atoms with van der Waals surface area (Å²) in [6, 6.07) is 6.10. The minimum Gasteiger partial charge on any atom is -0.398 e. The number of nitrogen functional groups attached to an aromatic ring is 2. The zero-order chi connectivity index (χ0) is 33.1. The Balaban J connectivity index is 1.21. The molecule has 2 amide bonds. The first kappa shape index (κ1) is 34.6. The Bertz CT molecular complexity index is 1430. The molecule has 1 aromatic heterocycles. The van der Waals surface area contributed by atoms with E-state index in [9.17, 15) is 22.8 Å². The van der Waals surface area contributed by atoms with Gasteiger partial charge in [-0.15, -0.1) is 0 Å². The number of amides is 2. The number of aromatic nitrogens is 1. The maximum Gasteiger partial charge on any atom is 0.412 e. The van der Waals surface area contributed by atoms with E-state index >= 15 is 0 Å². The number of aliphatic imine (C=N–C) groups is 1. The summed E-state index contributed by atoms with van der Waals surface area (Å²) < 4.78 is 39.1. The van der Waals surface area contributed by atoms with Crippen LogP contribution in [0.2, 0.25) is 0 Å². The first-order valence-corrected chi connectivity index (χ1v) is 16.1. The second-order valence-corrected chi connectivity index (χ2v) is 12.1. The third-order valence-electron chi connectivity index (χ3n) is 8.68. The van der Waals surface area contributed by atoms with Crippen molar-refractivity contribution < 1.29 is 22.8 Å². The van der Waals surface area contributed by atoms with Gasteiger partial charge in [0.25, 0.3) is 5.91 Å². The lowest BCUT2D eigenvalue weighted by Crippen LogP contribution is -2.36. The van der Waals surface area contributed by atoms with Crippen molar-refractivity contribution in [1.82, 2.24) is 15.6 Å². The Hall–Kier alpha value is -4.22. The molecule has 1 saturated carbocycles. The summed E-state index contributed by atoms with van der Waals surface area (Å²) in [5, 5.41) is 14.4. The number of anilines is 2. The number of dihydropyridines is 1. The number of halogens is 3. The molecule has 248 valence electrons. The van der Waals surface area contributed by atoms with Crippen LogP contribution in [0, 0.1) is 11.3 Å². The standard InChI is InChI=1S/C34H44F3N7O2/c35-34(36,37)26-17-19-41-27(20-26)44-33(46)24-15-13-22(14-16-24)29(38)28-30(39)25(21-43-31(28)40)12-6-3-1-2-4-9-18-42-32(45)23-10-7-5-8-11-23/h13-17,19,21,23,27,38H,1-12,18,20H2,(H,42,45)(H,44,46)(H4,39,40,43). The number of nitrogens with zero attached hydrogens (tertiary/aromatic N) is 2. The molecule has 0 radical (unpaired) electrons. The minimum absolute atomic E-state index is 0.0590. The molecule has 1 atom stereocenters. The first-order valence-electron chi connectivity index (χ1n) is 16.1. The van der Waals surface area contributed by atoms with Gasteiger partial charge in [-0.2, -0.15) is 13.2 Å². The van der Waals surface area contributed by atoms with Gasteiger partial charge >= 0.3 is 6.18 Å². The fourth-order valence-corrected chi connectivity index (χ4v) is 5.94. The molecule has 46 heavy (non-hydrogen) atoms. The van der Waals surface area contributed by atoms with E-state index in [0.29, 0.717) is 23.2 Å². The van der Waals surface area contributed by atoms with Crippen molar-refractivity contribution in [2.45, 2.75) is 95.8 Å². The second-order valence-electron chi connectivity index (χ2n) is 12.1. The summed E-state index contributed by atoms with van der Waals surface area (Å²) in [7, 11) is 0. The quantitative estimate of drug-likeness (QED) is 0.122. The van der Waals surface area contributed by atoms with Crippen molar-refractivity contribution >= 4 is 35.2 Å². The van der Waals surface area contributed by atoms with E-state index in [0.717, 1.165) is 88.6 Å². The van der Waals surface area contributed by atoms with Crippen LogP contribution in [0.25, 0.3) is 0 Å². The smallest absolute Gasteiger partial charge is 0.398 e. The highest BCUT2D eigenvalue weighted by molar-refractivity contribution is 6.17. The number of rotatable bonds is 14. The van der Waals surface area contributed by atoms with Crippen LogP contribution >= 0.6 is 0 Å². The van der Waals surface area contributed by atoms with Crippen molar-refractivity contribution in [3.8, 4) is 0 Å². The second kappa shape index (κ2) is 16.4. The van der Waals surface area contributed by atoms with E-state index in [2.05, 4.69) is 20.6 Å². The van der Waals surface area contributed by atoms with Crippen molar-refractivity contribution in [3.63, 3.8) is 0 Å². The highest BCUT2D eigenvalue weighted by Crippen LogP contribution is 2.31. The van der Waals surface area contributed by atoms with Gasteiger partial charge in [-0.25, -0.2) is 4.98 Å². The summed E-state index contributed by atoms with van der Waals surface area (Å²) in [5.41, 5.74) is 14.1. The van der Waals surface area contributed by atoms with Gasteiger partial charge in [-0.3, -0.25) is 20.0 Å². The summed E-state index contributed by atoms with van der Waals surface area (Å²) in [6.07, 6.45) is 10.1. The van der Waals surface area contributed by atoms with Crippen LogP contribution in [0.4, 0.5) is 24.7 Å². The van der Waals surface area contributed by atoms with Gasteiger partial charge < -0.3 is 22.1 Å². The molecule has 2 aromatic rings. The number of unbranched alkanes of at least 4 members (excludes halogenated alkanes) is 5. The SMILES string of the molecule is N=C(c1ccc(C(=O)NC2CC(C(F)(F)F)=CC=N2)cc1)c1c(N)ncc(CCCCCCCCNC(=O)C2CCCCC2)c1N. The fourth-order valence-electron chi connectivity index (χ4n) is 5.94. The lowest BCUT2D eigenvalue weighted by Gasteiger charge is -2.21. The minimum atomic E-state index is -4.48. The molecular weight excluding hydrogens is 595 g/mol. The average molecular weight is 640 g/mol.